The van der Waals surface area contributed by atoms with Crippen molar-refractivity contribution in [3.05, 3.63) is 0 Å². The summed E-state index contributed by atoms with van der Waals surface area (Å²) in [6.45, 7) is 9.41. The normalized spacial score (nSPS) is 13.9. The van der Waals surface area contributed by atoms with Gasteiger partial charge in [-0.25, -0.2) is 0 Å². The molecule has 2 heteroatoms. The fraction of sp³-hybridized carbons (Fsp3) is 1.00. The average Bonchev–Trinajstić information content (AvgIpc) is 2.20. The molecule has 0 aromatic rings. The van der Waals surface area contributed by atoms with Crippen molar-refractivity contribution in [1.82, 2.24) is 0 Å². The minimum atomic E-state index is 0.348. The van der Waals surface area contributed by atoms with Crippen LogP contribution >= 0.6 is 0 Å². The molecule has 0 saturated heterocycles. The van der Waals surface area contributed by atoms with E-state index < -0.39 is 0 Å². The molecule has 2 unspecified atom stereocenters. The Kier molecular flexibility index (Phi) is 17.1. The van der Waals surface area contributed by atoms with Gasteiger partial charge in [0.25, 0.3) is 0 Å². The highest BCUT2D eigenvalue weighted by atomic mass is 16.3. The summed E-state index contributed by atoms with van der Waals surface area (Å²) in [6, 6.07) is 0. The van der Waals surface area contributed by atoms with Gasteiger partial charge in [-0.1, -0.05) is 53.4 Å². The molecule has 0 saturated carbocycles. The molecule has 2 N–H and O–H groups in total. The summed E-state index contributed by atoms with van der Waals surface area (Å²) >= 11 is 0. The van der Waals surface area contributed by atoms with Crippen LogP contribution in [-0.2, 0) is 0 Å². The molecular weight excluding hydrogens is 200 g/mol. The van der Waals surface area contributed by atoms with E-state index in [9.17, 15) is 0 Å². The van der Waals surface area contributed by atoms with Gasteiger partial charge in [-0.15, -0.1) is 0 Å². The molecule has 0 radical (unpaired) electrons. The first-order chi connectivity index (χ1) is 7.62. The molecule has 2 nitrogen and oxygen atoms in total. The topological polar surface area (TPSA) is 40.5 Å². The molecule has 0 aromatic heterocycles. The van der Waals surface area contributed by atoms with E-state index >= 15 is 0 Å². The highest BCUT2D eigenvalue weighted by Crippen LogP contribution is 2.08. The number of aliphatic hydroxyl groups excluding tert-OH is 2. The second kappa shape index (κ2) is 14.9. The van der Waals surface area contributed by atoms with Gasteiger partial charge in [-0.3, -0.25) is 0 Å². The fourth-order valence-corrected chi connectivity index (χ4v) is 1.72. The van der Waals surface area contributed by atoms with Gasteiger partial charge in [0.05, 0.1) is 0 Å². The van der Waals surface area contributed by atoms with Crippen molar-refractivity contribution < 1.29 is 10.2 Å². The highest BCUT2D eigenvalue weighted by molar-refractivity contribution is 4.49. The first kappa shape index (κ1) is 18.3. The summed E-state index contributed by atoms with van der Waals surface area (Å²) in [4.78, 5) is 0. The van der Waals surface area contributed by atoms with Crippen molar-refractivity contribution >= 4 is 0 Å². The van der Waals surface area contributed by atoms with Crippen molar-refractivity contribution in [2.45, 2.75) is 66.2 Å². The molecule has 0 aromatic carbocycles. The Balaban J connectivity index is 0. The van der Waals surface area contributed by atoms with Crippen molar-refractivity contribution in [3.8, 4) is 0 Å². The molecule has 0 spiro atoms. The second-order valence-electron chi connectivity index (χ2n) is 4.81. The molecule has 2 atom stereocenters. The number of hydrogen-bond donors (Lipinski definition) is 2. The van der Waals surface area contributed by atoms with Crippen LogP contribution in [0.2, 0.25) is 0 Å². The van der Waals surface area contributed by atoms with Crippen LogP contribution in [0.5, 0.6) is 0 Å². The maximum absolute atomic E-state index is 8.46. The molecular formula is C14H32O2. The van der Waals surface area contributed by atoms with Crippen molar-refractivity contribution in [3.63, 3.8) is 0 Å². The third-order valence-electron chi connectivity index (χ3n) is 2.81. The lowest BCUT2D eigenvalue weighted by Gasteiger charge is -2.05. The zero-order valence-electron chi connectivity index (χ0n) is 11.7. The molecule has 0 heterocycles. The van der Waals surface area contributed by atoms with Crippen LogP contribution in [0.1, 0.15) is 66.2 Å². The van der Waals surface area contributed by atoms with Gasteiger partial charge in [0.15, 0.2) is 0 Å². The highest BCUT2D eigenvalue weighted by Gasteiger charge is 1.97. The summed E-state index contributed by atoms with van der Waals surface area (Å²) in [5.74, 6) is 1.43. The number of rotatable bonds is 8. The van der Waals surface area contributed by atoms with E-state index in [0.717, 1.165) is 12.8 Å². The number of hydrogen-bond acceptors (Lipinski definition) is 2. The van der Waals surface area contributed by atoms with Gasteiger partial charge in [0, 0.05) is 13.2 Å². The van der Waals surface area contributed by atoms with Crippen LogP contribution in [0.4, 0.5) is 0 Å². The van der Waals surface area contributed by atoms with Gasteiger partial charge in [-0.05, 0) is 24.7 Å². The van der Waals surface area contributed by atoms with E-state index in [4.69, 9.17) is 10.2 Å². The second-order valence-corrected chi connectivity index (χ2v) is 4.81. The summed E-state index contributed by atoms with van der Waals surface area (Å²) in [6.07, 6.45) is 6.91. The van der Waals surface area contributed by atoms with Gasteiger partial charge in [0.1, 0.15) is 0 Å². The maximum atomic E-state index is 8.46. The predicted molar refractivity (Wildman–Crippen MR) is 71.5 cm³/mol. The van der Waals surface area contributed by atoms with E-state index in [2.05, 4.69) is 27.7 Å². The lowest BCUT2D eigenvalue weighted by Crippen LogP contribution is -1.96. The van der Waals surface area contributed by atoms with Gasteiger partial charge >= 0.3 is 0 Å². The van der Waals surface area contributed by atoms with Gasteiger partial charge in [-0.2, -0.15) is 0 Å². The Morgan fingerprint density at radius 1 is 0.688 bits per heavy atom. The Labute approximate surface area is 102 Å². The zero-order valence-corrected chi connectivity index (χ0v) is 11.7. The minimum absolute atomic E-state index is 0.348. The van der Waals surface area contributed by atoms with Crippen LogP contribution in [0.15, 0.2) is 0 Å². The molecule has 0 bridgehead atoms. The molecule has 0 rings (SSSR count). The summed E-state index contributed by atoms with van der Waals surface area (Å²) in [5, 5.41) is 16.9. The zero-order chi connectivity index (χ0) is 12.8. The van der Waals surface area contributed by atoms with Gasteiger partial charge < -0.3 is 10.2 Å². The minimum Gasteiger partial charge on any atom is -0.396 e. The third-order valence-corrected chi connectivity index (χ3v) is 2.81. The SMILES string of the molecule is CCCC(C)CCO.CCCC(C)CCO. The van der Waals surface area contributed by atoms with Crippen molar-refractivity contribution in [1.29, 1.82) is 0 Å². The standard InChI is InChI=1S/2C7H16O/c2*1-3-4-7(2)5-6-8/h2*7-8H,3-6H2,1-2H3. The van der Waals surface area contributed by atoms with E-state index in [0.29, 0.717) is 25.0 Å². The van der Waals surface area contributed by atoms with Crippen molar-refractivity contribution in [2.24, 2.45) is 11.8 Å². The summed E-state index contributed by atoms with van der Waals surface area (Å²) in [7, 11) is 0. The molecule has 16 heavy (non-hydrogen) atoms. The van der Waals surface area contributed by atoms with E-state index in [1.807, 2.05) is 0 Å². The fourth-order valence-electron chi connectivity index (χ4n) is 1.72. The van der Waals surface area contributed by atoms with Gasteiger partial charge in [0.2, 0.25) is 0 Å². The quantitative estimate of drug-likeness (QED) is 0.671. The molecule has 0 fully saturated rings. The average molecular weight is 232 g/mol. The number of aliphatic hydroxyl groups is 2. The Bertz CT molecular complexity index is 89.3. The lowest BCUT2D eigenvalue weighted by molar-refractivity contribution is 0.257. The van der Waals surface area contributed by atoms with Crippen LogP contribution in [0.25, 0.3) is 0 Å². The predicted octanol–water partition coefficient (Wildman–Crippen LogP) is 3.61. The smallest absolute Gasteiger partial charge is 0.0433 e. The first-order valence-electron chi connectivity index (χ1n) is 6.83. The first-order valence-corrected chi connectivity index (χ1v) is 6.83. The van der Waals surface area contributed by atoms with Crippen LogP contribution < -0.4 is 0 Å². The third kappa shape index (κ3) is 16.4. The Morgan fingerprint density at radius 3 is 1.19 bits per heavy atom. The van der Waals surface area contributed by atoms with Crippen LogP contribution in [-0.4, -0.2) is 23.4 Å². The largest absolute Gasteiger partial charge is 0.396 e. The summed E-state index contributed by atoms with van der Waals surface area (Å²) < 4.78 is 0. The molecule has 100 valence electrons. The summed E-state index contributed by atoms with van der Waals surface area (Å²) in [5.41, 5.74) is 0. The van der Waals surface area contributed by atoms with Crippen LogP contribution in [0.3, 0.4) is 0 Å². The van der Waals surface area contributed by atoms with E-state index in [1.165, 1.54) is 25.7 Å². The molecule has 0 aliphatic carbocycles. The maximum Gasteiger partial charge on any atom is 0.0433 e. The van der Waals surface area contributed by atoms with E-state index in [1.54, 1.807) is 0 Å². The van der Waals surface area contributed by atoms with Crippen molar-refractivity contribution in [2.75, 3.05) is 13.2 Å². The molecule has 0 aliphatic heterocycles. The van der Waals surface area contributed by atoms with Crippen LogP contribution in [0, 0.1) is 11.8 Å². The van der Waals surface area contributed by atoms with E-state index in [-0.39, 0.29) is 0 Å². The lowest BCUT2D eigenvalue weighted by atomic mass is 10.0. The Morgan fingerprint density at radius 2 is 1.00 bits per heavy atom. The Hall–Kier alpha value is -0.0800. The molecule has 0 aliphatic rings. The molecule has 0 amide bonds. The monoisotopic (exact) mass is 232 g/mol.